The van der Waals surface area contributed by atoms with Crippen LogP contribution in [0.1, 0.15) is 89.2 Å². The molecule has 0 fully saturated rings. The van der Waals surface area contributed by atoms with E-state index in [0.29, 0.717) is 4.90 Å². The van der Waals surface area contributed by atoms with Crippen LogP contribution in [0.4, 0.5) is 0 Å². The molecule has 0 aliphatic heterocycles. The minimum atomic E-state index is -3.52. The lowest BCUT2D eigenvalue weighted by Gasteiger charge is -2.19. The minimum Gasteiger partial charge on any atom is -0.207 e. The van der Waals surface area contributed by atoms with Gasteiger partial charge in [-0.05, 0) is 24.1 Å². The summed E-state index contributed by atoms with van der Waals surface area (Å²) in [6.07, 6.45) is 13.6. The Labute approximate surface area is 178 Å². The number of sulfonamides is 1. The summed E-state index contributed by atoms with van der Waals surface area (Å²) in [5, 5.41) is 0. The third-order valence-corrected chi connectivity index (χ3v) is 6.89. The Balaban J connectivity index is 1.81. The summed E-state index contributed by atoms with van der Waals surface area (Å²) in [6.45, 7) is 2.25. The third kappa shape index (κ3) is 9.14. The zero-order valence-corrected chi connectivity index (χ0v) is 18.7. The van der Waals surface area contributed by atoms with Crippen LogP contribution in [0, 0.1) is 0 Å². The second-order valence-electron chi connectivity index (χ2n) is 7.87. The minimum absolute atomic E-state index is 0.185. The van der Waals surface area contributed by atoms with E-state index in [4.69, 9.17) is 0 Å². The van der Waals surface area contributed by atoms with Gasteiger partial charge in [0.2, 0.25) is 10.0 Å². The van der Waals surface area contributed by atoms with Gasteiger partial charge in [0.25, 0.3) is 0 Å². The molecule has 1 atom stereocenters. The molecule has 0 aliphatic rings. The maximum atomic E-state index is 12.8. The van der Waals surface area contributed by atoms with Crippen LogP contribution >= 0.6 is 0 Å². The summed E-state index contributed by atoms with van der Waals surface area (Å²) in [4.78, 5) is 0.323. The molecule has 0 amide bonds. The molecule has 0 spiro atoms. The fourth-order valence-electron chi connectivity index (χ4n) is 3.67. The Kier molecular flexibility index (Phi) is 11.0. The maximum Gasteiger partial charge on any atom is 0.241 e. The number of rotatable bonds is 15. The average molecular weight is 416 g/mol. The first-order valence-corrected chi connectivity index (χ1v) is 12.7. The Hall–Kier alpha value is -1.65. The van der Waals surface area contributed by atoms with Gasteiger partial charge in [0, 0.05) is 6.04 Å². The molecule has 0 aliphatic carbocycles. The van der Waals surface area contributed by atoms with Gasteiger partial charge in [-0.25, -0.2) is 13.1 Å². The Morgan fingerprint density at radius 3 is 1.72 bits per heavy atom. The van der Waals surface area contributed by atoms with Gasteiger partial charge in [0.1, 0.15) is 0 Å². The van der Waals surface area contributed by atoms with Gasteiger partial charge in [-0.1, -0.05) is 120 Å². The number of benzene rings is 2. The second-order valence-corrected chi connectivity index (χ2v) is 9.58. The number of unbranched alkanes of at least 4 members (excludes halogenated alkanes) is 9. The molecule has 4 heteroatoms. The van der Waals surface area contributed by atoms with Crippen molar-refractivity contribution in [1.82, 2.24) is 4.72 Å². The van der Waals surface area contributed by atoms with Gasteiger partial charge in [-0.2, -0.15) is 0 Å². The van der Waals surface area contributed by atoms with Gasteiger partial charge in [-0.3, -0.25) is 0 Å². The summed E-state index contributed by atoms with van der Waals surface area (Å²) in [5.41, 5.74) is 1.03. The second kappa shape index (κ2) is 13.6. The molecule has 3 nitrogen and oxygen atoms in total. The normalized spacial score (nSPS) is 12.7. The molecular weight excluding hydrogens is 378 g/mol. The van der Waals surface area contributed by atoms with Crippen molar-refractivity contribution >= 4 is 10.0 Å². The summed E-state index contributed by atoms with van der Waals surface area (Å²) in [7, 11) is -3.52. The first kappa shape index (κ1) is 23.6. The van der Waals surface area contributed by atoms with Gasteiger partial charge in [0.15, 0.2) is 0 Å². The van der Waals surface area contributed by atoms with Crippen molar-refractivity contribution in [2.75, 3.05) is 0 Å². The lowest BCUT2D eigenvalue weighted by atomic mass is 10.00. The molecule has 0 saturated heterocycles. The van der Waals surface area contributed by atoms with Crippen molar-refractivity contribution in [2.45, 2.75) is 88.5 Å². The lowest BCUT2D eigenvalue weighted by Crippen LogP contribution is -2.28. The molecule has 1 unspecified atom stereocenters. The largest absolute Gasteiger partial charge is 0.241 e. The molecule has 0 radical (unpaired) electrons. The van der Waals surface area contributed by atoms with E-state index in [-0.39, 0.29) is 6.04 Å². The van der Waals surface area contributed by atoms with Crippen LogP contribution in [0.3, 0.4) is 0 Å². The highest BCUT2D eigenvalue weighted by atomic mass is 32.2. The van der Waals surface area contributed by atoms with Crippen LogP contribution in [0.15, 0.2) is 65.6 Å². The topological polar surface area (TPSA) is 46.2 Å². The molecule has 0 bridgehead atoms. The smallest absolute Gasteiger partial charge is 0.207 e. The standard InChI is InChI=1S/C25H37NO2S/c1-2-3-4-5-6-7-8-9-10-17-22-25(23-18-13-11-14-19-23)26-29(27,28)24-20-15-12-16-21-24/h11-16,18-21,25-26H,2-10,17,22H2,1H3. The van der Waals surface area contributed by atoms with Crippen LogP contribution < -0.4 is 4.72 Å². The molecule has 2 aromatic rings. The van der Waals surface area contributed by atoms with E-state index < -0.39 is 10.0 Å². The highest BCUT2D eigenvalue weighted by Gasteiger charge is 2.20. The van der Waals surface area contributed by atoms with Crippen molar-refractivity contribution in [2.24, 2.45) is 0 Å². The van der Waals surface area contributed by atoms with Crippen LogP contribution in [0.2, 0.25) is 0 Å². The molecule has 0 saturated carbocycles. The quantitative estimate of drug-likeness (QED) is 0.318. The Morgan fingerprint density at radius 1 is 0.690 bits per heavy atom. The number of nitrogens with one attached hydrogen (secondary N) is 1. The third-order valence-electron chi connectivity index (χ3n) is 5.40. The van der Waals surface area contributed by atoms with Gasteiger partial charge >= 0.3 is 0 Å². The van der Waals surface area contributed by atoms with Crippen molar-refractivity contribution in [3.8, 4) is 0 Å². The first-order chi connectivity index (χ1) is 14.1. The van der Waals surface area contributed by atoms with E-state index in [2.05, 4.69) is 11.6 Å². The first-order valence-electron chi connectivity index (χ1n) is 11.3. The van der Waals surface area contributed by atoms with E-state index in [1.807, 2.05) is 36.4 Å². The van der Waals surface area contributed by atoms with Gasteiger partial charge in [-0.15, -0.1) is 0 Å². The maximum absolute atomic E-state index is 12.8. The SMILES string of the molecule is CCCCCCCCCCCCC(NS(=O)(=O)c1ccccc1)c1ccccc1. The molecule has 160 valence electrons. The van der Waals surface area contributed by atoms with Crippen molar-refractivity contribution < 1.29 is 8.42 Å². The number of hydrogen-bond donors (Lipinski definition) is 1. The van der Waals surface area contributed by atoms with E-state index in [0.717, 1.165) is 24.8 Å². The highest BCUT2D eigenvalue weighted by Crippen LogP contribution is 2.23. The van der Waals surface area contributed by atoms with E-state index in [1.165, 1.54) is 51.4 Å². The van der Waals surface area contributed by atoms with Crippen LogP contribution in [-0.4, -0.2) is 8.42 Å². The van der Waals surface area contributed by atoms with Gasteiger partial charge < -0.3 is 0 Å². The molecule has 29 heavy (non-hydrogen) atoms. The van der Waals surface area contributed by atoms with E-state index in [9.17, 15) is 8.42 Å². The fraction of sp³-hybridized carbons (Fsp3) is 0.520. The Morgan fingerprint density at radius 2 is 1.17 bits per heavy atom. The zero-order chi connectivity index (χ0) is 20.8. The van der Waals surface area contributed by atoms with Crippen molar-refractivity contribution in [3.63, 3.8) is 0 Å². The molecule has 0 heterocycles. The molecular formula is C25H37NO2S. The molecule has 0 aromatic heterocycles. The van der Waals surface area contributed by atoms with Gasteiger partial charge in [0.05, 0.1) is 4.90 Å². The summed E-state index contributed by atoms with van der Waals surface area (Å²) < 4.78 is 28.5. The van der Waals surface area contributed by atoms with Crippen LogP contribution in [-0.2, 0) is 10.0 Å². The van der Waals surface area contributed by atoms with Crippen molar-refractivity contribution in [3.05, 3.63) is 66.2 Å². The van der Waals surface area contributed by atoms with E-state index >= 15 is 0 Å². The monoisotopic (exact) mass is 415 g/mol. The lowest BCUT2D eigenvalue weighted by molar-refractivity contribution is 0.501. The summed E-state index contributed by atoms with van der Waals surface area (Å²) in [6, 6.07) is 18.4. The summed E-state index contributed by atoms with van der Waals surface area (Å²) >= 11 is 0. The van der Waals surface area contributed by atoms with Crippen molar-refractivity contribution in [1.29, 1.82) is 0 Å². The van der Waals surface area contributed by atoms with Crippen LogP contribution in [0.25, 0.3) is 0 Å². The fourth-order valence-corrected chi connectivity index (χ4v) is 4.95. The predicted octanol–water partition coefficient (Wildman–Crippen LogP) is 7.02. The van der Waals surface area contributed by atoms with E-state index in [1.54, 1.807) is 24.3 Å². The summed E-state index contributed by atoms with van der Waals surface area (Å²) in [5.74, 6) is 0. The zero-order valence-electron chi connectivity index (χ0n) is 17.9. The Bertz CT molecular complexity index is 760. The average Bonchev–Trinajstić information content (AvgIpc) is 2.75. The highest BCUT2D eigenvalue weighted by molar-refractivity contribution is 7.89. The molecule has 2 rings (SSSR count). The predicted molar refractivity (Wildman–Crippen MR) is 122 cm³/mol. The van der Waals surface area contributed by atoms with Crippen LogP contribution in [0.5, 0.6) is 0 Å². The molecule has 2 aromatic carbocycles. The number of hydrogen-bond acceptors (Lipinski definition) is 2. The molecule has 1 N–H and O–H groups in total.